The van der Waals surface area contributed by atoms with E-state index in [4.69, 9.17) is 4.74 Å². The minimum Gasteiger partial charge on any atom is -0.496 e. The SMILES string of the molecule is COc1c(C)cc(C)c(/C=C/C(C)=O)c1C. The minimum atomic E-state index is 0.0540. The maximum atomic E-state index is 10.9. The number of rotatable bonds is 3. The van der Waals surface area contributed by atoms with Gasteiger partial charge in [0.25, 0.3) is 0 Å². The van der Waals surface area contributed by atoms with Crippen molar-refractivity contribution in [1.82, 2.24) is 0 Å². The lowest BCUT2D eigenvalue weighted by Crippen LogP contribution is -1.96. The van der Waals surface area contributed by atoms with Crippen molar-refractivity contribution in [1.29, 1.82) is 0 Å². The summed E-state index contributed by atoms with van der Waals surface area (Å²) in [6, 6.07) is 2.08. The normalized spacial score (nSPS) is 10.8. The molecule has 0 saturated carbocycles. The summed E-state index contributed by atoms with van der Waals surface area (Å²) in [5.74, 6) is 0.951. The zero-order chi connectivity index (χ0) is 12.3. The number of ether oxygens (including phenoxy) is 1. The predicted molar refractivity (Wildman–Crippen MR) is 66.9 cm³/mol. The molecule has 0 unspecified atom stereocenters. The van der Waals surface area contributed by atoms with Crippen molar-refractivity contribution in [3.8, 4) is 5.75 Å². The summed E-state index contributed by atoms with van der Waals surface area (Å²) in [6.07, 6.45) is 3.44. The van der Waals surface area contributed by atoms with Crippen LogP contribution < -0.4 is 4.74 Å². The quantitative estimate of drug-likeness (QED) is 0.728. The summed E-state index contributed by atoms with van der Waals surface area (Å²) in [7, 11) is 1.67. The topological polar surface area (TPSA) is 26.3 Å². The van der Waals surface area contributed by atoms with Crippen LogP contribution in [0.3, 0.4) is 0 Å². The molecule has 1 aromatic carbocycles. The molecule has 86 valence electrons. The van der Waals surface area contributed by atoms with Crippen LogP contribution in [0.4, 0.5) is 0 Å². The highest BCUT2D eigenvalue weighted by Crippen LogP contribution is 2.29. The van der Waals surface area contributed by atoms with E-state index in [9.17, 15) is 4.79 Å². The lowest BCUT2D eigenvalue weighted by molar-refractivity contribution is -0.112. The molecule has 0 spiro atoms. The molecule has 0 aliphatic carbocycles. The average molecular weight is 218 g/mol. The molecule has 0 radical (unpaired) electrons. The number of benzene rings is 1. The van der Waals surface area contributed by atoms with Crippen molar-refractivity contribution in [3.05, 3.63) is 34.4 Å². The van der Waals surface area contributed by atoms with Crippen LogP contribution >= 0.6 is 0 Å². The third kappa shape index (κ3) is 2.51. The molecule has 0 fully saturated rings. The molecule has 2 heteroatoms. The molecule has 0 N–H and O–H groups in total. The van der Waals surface area contributed by atoms with Crippen molar-refractivity contribution in [2.45, 2.75) is 27.7 Å². The molecule has 0 bridgehead atoms. The number of carbonyl (C=O) groups is 1. The fourth-order valence-corrected chi connectivity index (χ4v) is 1.95. The standard InChI is InChI=1S/C14H18O2/c1-9-8-10(2)14(16-5)12(4)13(9)7-6-11(3)15/h6-8H,1-5H3/b7-6+. The van der Waals surface area contributed by atoms with E-state index in [-0.39, 0.29) is 5.78 Å². The van der Waals surface area contributed by atoms with E-state index in [0.717, 1.165) is 28.0 Å². The van der Waals surface area contributed by atoms with Crippen LogP contribution in [0, 0.1) is 20.8 Å². The van der Waals surface area contributed by atoms with Crippen molar-refractivity contribution in [3.63, 3.8) is 0 Å². The third-order valence-corrected chi connectivity index (χ3v) is 2.65. The van der Waals surface area contributed by atoms with E-state index in [1.807, 2.05) is 26.8 Å². The summed E-state index contributed by atoms with van der Waals surface area (Å²) in [5.41, 5.74) is 4.43. The van der Waals surface area contributed by atoms with Crippen molar-refractivity contribution in [2.75, 3.05) is 7.11 Å². The Kier molecular flexibility index (Phi) is 3.88. The molecular weight excluding hydrogens is 200 g/mol. The Morgan fingerprint density at radius 1 is 1.25 bits per heavy atom. The summed E-state index contributed by atoms with van der Waals surface area (Å²) < 4.78 is 5.36. The van der Waals surface area contributed by atoms with Gasteiger partial charge in [0.15, 0.2) is 5.78 Å². The molecule has 0 aromatic heterocycles. The summed E-state index contributed by atoms with van der Waals surface area (Å²) in [4.78, 5) is 10.9. The average Bonchev–Trinajstić information content (AvgIpc) is 2.16. The highest BCUT2D eigenvalue weighted by atomic mass is 16.5. The van der Waals surface area contributed by atoms with Crippen LogP contribution in [-0.4, -0.2) is 12.9 Å². The van der Waals surface area contributed by atoms with Crippen LogP contribution in [0.15, 0.2) is 12.1 Å². The summed E-state index contributed by atoms with van der Waals surface area (Å²) in [5, 5.41) is 0. The molecule has 1 rings (SSSR count). The highest BCUT2D eigenvalue weighted by molar-refractivity contribution is 5.92. The Morgan fingerprint density at radius 2 is 1.88 bits per heavy atom. The van der Waals surface area contributed by atoms with Crippen molar-refractivity contribution >= 4 is 11.9 Å². The zero-order valence-electron chi connectivity index (χ0n) is 10.5. The van der Waals surface area contributed by atoms with Gasteiger partial charge in [-0.1, -0.05) is 12.1 Å². The van der Waals surface area contributed by atoms with Crippen molar-refractivity contribution in [2.24, 2.45) is 0 Å². The van der Waals surface area contributed by atoms with Crippen LogP contribution in [-0.2, 0) is 4.79 Å². The number of methoxy groups -OCH3 is 1. The van der Waals surface area contributed by atoms with E-state index in [2.05, 4.69) is 6.07 Å². The highest BCUT2D eigenvalue weighted by Gasteiger charge is 2.09. The first-order valence-corrected chi connectivity index (χ1v) is 5.30. The summed E-state index contributed by atoms with van der Waals surface area (Å²) >= 11 is 0. The van der Waals surface area contributed by atoms with Crippen LogP contribution in [0.2, 0.25) is 0 Å². The first kappa shape index (κ1) is 12.5. The lowest BCUT2D eigenvalue weighted by Gasteiger charge is -2.13. The van der Waals surface area contributed by atoms with Crippen LogP contribution in [0.5, 0.6) is 5.75 Å². The van der Waals surface area contributed by atoms with Gasteiger partial charge in [0.1, 0.15) is 5.75 Å². The Labute approximate surface area is 96.9 Å². The molecule has 16 heavy (non-hydrogen) atoms. The van der Waals surface area contributed by atoms with E-state index in [1.54, 1.807) is 20.1 Å². The third-order valence-electron chi connectivity index (χ3n) is 2.65. The van der Waals surface area contributed by atoms with Gasteiger partial charge in [-0.15, -0.1) is 0 Å². The fraction of sp³-hybridized carbons (Fsp3) is 0.357. The van der Waals surface area contributed by atoms with Gasteiger partial charge in [-0.2, -0.15) is 0 Å². The maximum absolute atomic E-state index is 10.9. The molecule has 2 nitrogen and oxygen atoms in total. The second-order valence-corrected chi connectivity index (χ2v) is 4.03. The number of aryl methyl sites for hydroxylation is 2. The van der Waals surface area contributed by atoms with E-state index < -0.39 is 0 Å². The molecule has 0 saturated heterocycles. The second-order valence-electron chi connectivity index (χ2n) is 4.03. The molecule has 0 amide bonds. The Balaban J connectivity index is 3.33. The maximum Gasteiger partial charge on any atom is 0.152 e. The number of carbonyl (C=O) groups excluding carboxylic acids is 1. The van der Waals surface area contributed by atoms with E-state index in [1.165, 1.54) is 0 Å². The Hall–Kier alpha value is -1.57. The van der Waals surface area contributed by atoms with Crippen molar-refractivity contribution < 1.29 is 9.53 Å². The largest absolute Gasteiger partial charge is 0.496 e. The van der Waals surface area contributed by atoms with Gasteiger partial charge in [-0.25, -0.2) is 0 Å². The molecule has 0 aliphatic rings. The van der Waals surface area contributed by atoms with E-state index in [0.29, 0.717) is 0 Å². The zero-order valence-corrected chi connectivity index (χ0v) is 10.5. The van der Waals surface area contributed by atoms with Gasteiger partial charge in [0, 0.05) is 0 Å². The van der Waals surface area contributed by atoms with Gasteiger partial charge < -0.3 is 4.74 Å². The number of ketones is 1. The number of hydrogen-bond donors (Lipinski definition) is 0. The summed E-state index contributed by atoms with van der Waals surface area (Å²) in [6.45, 7) is 7.63. The van der Waals surface area contributed by atoms with E-state index >= 15 is 0 Å². The molecule has 0 heterocycles. The lowest BCUT2D eigenvalue weighted by atomic mass is 9.98. The van der Waals surface area contributed by atoms with Gasteiger partial charge in [0.05, 0.1) is 7.11 Å². The number of allylic oxidation sites excluding steroid dienone is 1. The predicted octanol–water partition coefficient (Wildman–Crippen LogP) is 3.22. The number of hydrogen-bond acceptors (Lipinski definition) is 2. The first-order valence-electron chi connectivity index (χ1n) is 5.30. The smallest absolute Gasteiger partial charge is 0.152 e. The minimum absolute atomic E-state index is 0.0540. The van der Waals surface area contributed by atoms with Crippen LogP contribution in [0.25, 0.3) is 6.08 Å². The van der Waals surface area contributed by atoms with Gasteiger partial charge in [-0.3, -0.25) is 4.79 Å². The van der Waals surface area contributed by atoms with Gasteiger partial charge >= 0.3 is 0 Å². The monoisotopic (exact) mass is 218 g/mol. The molecule has 0 aliphatic heterocycles. The Morgan fingerprint density at radius 3 is 2.38 bits per heavy atom. The first-order chi connectivity index (χ1) is 7.47. The van der Waals surface area contributed by atoms with Gasteiger partial charge in [0.2, 0.25) is 0 Å². The Bertz CT molecular complexity index is 443. The molecule has 1 aromatic rings. The van der Waals surface area contributed by atoms with Crippen LogP contribution in [0.1, 0.15) is 29.2 Å². The van der Waals surface area contributed by atoms with Gasteiger partial charge in [-0.05, 0) is 56.0 Å². The second kappa shape index (κ2) is 4.97. The molecular formula is C14H18O2. The molecule has 0 atom stereocenters. The fourth-order valence-electron chi connectivity index (χ4n) is 1.95.